The molecule has 22 heavy (non-hydrogen) atoms. The maximum Gasteiger partial charge on any atom is 0.251 e. The third-order valence-corrected chi connectivity index (χ3v) is 4.48. The molecule has 116 valence electrons. The van der Waals surface area contributed by atoms with Crippen LogP contribution in [0.25, 0.3) is 0 Å². The Morgan fingerprint density at radius 3 is 2.45 bits per heavy atom. The van der Waals surface area contributed by atoms with Gasteiger partial charge in [-0.15, -0.1) is 0 Å². The van der Waals surface area contributed by atoms with Gasteiger partial charge < -0.3 is 10.4 Å². The highest BCUT2D eigenvalue weighted by atomic mass is 32.2. The number of carbonyl (C=O) groups excluding carboxylic acids is 1. The minimum Gasteiger partial charge on any atom is -0.394 e. The average molecular weight is 315 g/mol. The molecule has 1 atom stereocenters. The molecule has 0 aromatic heterocycles. The van der Waals surface area contributed by atoms with Crippen molar-refractivity contribution in [3.63, 3.8) is 0 Å². The molecule has 0 heterocycles. The Morgan fingerprint density at radius 1 is 1.14 bits per heavy atom. The summed E-state index contributed by atoms with van der Waals surface area (Å²) in [6.07, 6.45) is 0. The zero-order valence-corrected chi connectivity index (χ0v) is 13.5. The molecule has 0 radical (unpaired) electrons. The lowest BCUT2D eigenvalue weighted by molar-refractivity contribution is 0.0923. The van der Waals surface area contributed by atoms with E-state index in [0.29, 0.717) is 11.3 Å². The average Bonchev–Trinajstić information content (AvgIpc) is 2.56. The van der Waals surface area contributed by atoms with Crippen LogP contribution in [0.1, 0.15) is 21.5 Å². The second kappa shape index (κ2) is 8.61. The fourth-order valence-electron chi connectivity index (χ4n) is 2.00. The molecule has 0 fully saturated rings. The quantitative estimate of drug-likeness (QED) is 0.826. The number of rotatable bonds is 7. The molecular formula is C18H21NO2S. The van der Waals surface area contributed by atoms with Crippen molar-refractivity contribution in [2.24, 2.45) is 0 Å². The van der Waals surface area contributed by atoms with E-state index in [1.807, 2.05) is 18.2 Å². The lowest BCUT2D eigenvalue weighted by atomic mass is 10.2. The Hall–Kier alpha value is -1.78. The van der Waals surface area contributed by atoms with E-state index in [-0.39, 0.29) is 18.6 Å². The minimum absolute atomic E-state index is 0.0561. The zero-order chi connectivity index (χ0) is 15.8. The SMILES string of the molecule is Cc1ccc(CSC[C@@H](CO)NC(=O)c2ccccc2)cc1. The Bertz CT molecular complexity index is 584. The summed E-state index contributed by atoms with van der Waals surface area (Å²) in [4.78, 5) is 12.1. The van der Waals surface area contributed by atoms with Gasteiger partial charge in [-0.1, -0.05) is 48.0 Å². The van der Waals surface area contributed by atoms with Crippen LogP contribution in [-0.4, -0.2) is 29.4 Å². The molecule has 0 saturated carbocycles. The third-order valence-electron chi connectivity index (χ3n) is 3.30. The summed E-state index contributed by atoms with van der Waals surface area (Å²) < 4.78 is 0. The molecular weight excluding hydrogens is 294 g/mol. The summed E-state index contributed by atoms with van der Waals surface area (Å²) >= 11 is 1.71. The van der Waals surface area contributed by atoms with Crippen LogP contribution in [0.15, 0.2) is 54.6 Å². The molecule has 0 aliphatic rings. The number of aryl methyl sites for hydroxylation is 1. The lowest BCUT2D eigenvalue weighted by Gasteiger charge is -2.16. The van der Waals surface area contributed by atoms with E-state index < -0.39 is 0 Å². The highest BCUT2D eigenvalue weighted by Gasteiger charge is 2.12. The van der Waals surface area contributed by atoms with Crippen LogP contribution in [0, 0.1) is 6.92 Å². The fourth-order valence-corrected chi connectivity index (χ4v) is 3.02. The first-order valence-corrected chi connectivity index (χ1v) is 8.44. The van der Waals surface area contributed by atoms with Gasteiger partial charge in [0.25, 0.3) is 5.91 Å². The van der Waals surface area contributed by atoms with Gasteiger partial charge >= 0.3 is 0 Å². The number of benzene rings is 2. The molecule has 0 spiro atoms. The van der Waals surface area contributed by atoms with Gasteiger partial charge in [0.1, 0.15) is 0 Å². The lowest BCUT2D eigenvalue weighted by Crippen LogP contribution is -2.39. The van der Waals surface area contributed by atoms with Crippen molar-refractivity contribution in [3.05, 3.63) is 71.3 Å². The number of hydrogen-bond donors (Lipinski definition) is 2. The fraction of sp³-hybridized carbons (Fsp3) is 0.278. The first-order valence-electron chi connectivity index (χ1n) is 7.29. The van der Waals surface area contributed by atoms with Crippen molar-refractivity contribution in [2.75, 3.05) is 12.4 Å². The molecule has 3 nitrogen and oxygen atoms in total. The summed E-state index contributed by atoms with van der Waals surface area (Å²) in [5, 5.41) is 12.3. The van der Waals surface area contributed by atoms with Gasteiger partial charge in [0.05, 0.1) is 12.6 Å². The summed E-state index contributed by atoms with van der Waals surface area (Å²) in [6.45, 7) is 2.01. The smallest absolute Gasteiger partial charge is 0.251 e. The first-order chi connectivity index (χ1) is 10.7. The highest BCUT2D eigenvalue weighted by Crippen LogP contribution is 2.14. The summed E-state index contributed by atoms with van der Waals surface area (Å²) in [7, 11) is 0. The molecule has 0 aliphatic carbocycles. The predicted octanol–water partition coefficient (Wildman–Crippen LogP) is 3.02. The Kier molecular flexibility index (Phi) is 6.49. The second-order valence-corrected chi connectivity index (χ2v) is 6.25. The van der Waals surface area contributed by atoms with Crippen molar-refractivity contribution in [1.29, 1.82) is 0 Å². The number of carbonyl (C=O) groups is 1. The summed E-state index contributed by atoms with van der Waals surface area (Å²) in [5.74, 6) is 1.41. The Labute approximate surface area is 135 Å². The zero-order valence-electron chi connectivity index (χ0n) is 12.7. The van der Waals surface area contributed by atoms with Gasteiger partial charge in [-0.25, -0.2) is 0 Å². The van der Waals surface area contributed by atoms with Crippen LogP contribution >= 0.6 is 11.8 Å². The number of nitrogens with one attached hydrogen (secondary N) is 1. The van der Waals surface area contributed by atoms with Gasteiger partial charge in [0.2, 0.25) is 0 Å². The predicted molar refractivity (Wildman–Crippen MR) is 92.1 cm³/mol. The number of thioether (sulfide) groups is 1. The van der Waals surface area contributed by atoms with Crippen LogP contribution < -0.4 is 5.32 Å². The van der Waals surface area contributed by atoms with Crippen LogP contribution in [0.5, 0.6) is 0 Å². The summed E-state index contributed by atoms with van der Waals surface area (Å²) in [6, 6.07) is 17.2. The van der Waals surface area contributed by atoms with E-state index in [1.54, 1.807) is 23.9 Å². The van der Waals surface area contributed by atoms with Crippen LogP contribution in [0.2, 0.25) is 0 Å². The maximum absolute atomic E-state index is 12.1. The van der Waals surface area contributed by atoms with Crippen molar-refractivity contribution in [2.45, 2.75) is 18.7 Å². The van der Waals surface area contributed by atoms with E-state index in [9.17, 15) is 9.90 Å². The molecule has 4 heteroatoms. The standard InChI is InChI=1S/C18H21NO2S/c1-14-7-9-15(10-8-14)12-22-13-17(11-20)19-18(21)16-5-3-2-4-6-16/h2-10,17,20H,11-13H2,1H3,(H,19,21)/t17-/m1/s1. The van der Waals surface area contributed by atoms with Crippen molar-refractivity contribution in [3.8, 4) is 0 Å². The van der Waals surface area contributed by atoms with Gasteiger partial charge in [0, 0.05) is 17.1 Å². The molecule has 1 amide bonds. The largest absolute Gasteiger partial charge is 0.394 e. The molecule has 2 rings (SSSR count). The molecule has 2 aromatic carbocycles. The molecule has 2 N–H and O–H groups in total. The van der Waals surface area contributed by atoms with Gasteiger partial charge in [-0.05, 0) is 24.6 Å². The maximum atomic E-state index is 12.1. The normalized spacial score (nSPS) is 11.9. The number of hydrogen-bond acceptors (Lipinski definition) is 3. The van der Waals surface area contributed by atoms with Crippen molar-refractivity contribution in [1.82, 2.24) is 5.32 Å². The third kappa shape index (κ3) is 5.20. The van der Waals surface area contributed by atoms with Crippen LogP contribution in [0.3, 0.4) is 0 Å². The van der Waals surface area contributed by atoms with E-state index in [0.717, 1.165) is 5.75 Å². The molecule has 0 aliphatic heterocycles. The monoisotopic (exact) mass is 315 g/mol. The van der Waals surface area contributed by atoms with Gasteiger partial charge in [0.15, 0.2) is 0 Å². The molecule has 0 saturated heterocycles. The van der Waals surface area contributed by atoms with Crippen LogP contribution in [0.4, 0.5) is 0 Å². The molecule has 0 unspecified atom stereocenters. The van der Waals surface area contributed by atoms with E-state index in [2.05, 4.69) is 36.5 Å². The van der Waals surface area contributed by atoms with Crippen molar-refractivity contribution >= 4 is 17.7 Å². The minimum atomic E-state index is -0.233. The number of amides is 1. The Morgan fingerprint density at radius 2 is 1.82 bits per heavy atom. The van der Waals surface area contributed by atoms with Gasteiger partial charge in [-0.3, -0.25) is 4.79 Å². The summed E-state index contributed by atoms with van der Waals surface area (Å²) in [5.41, 5.74) is 3.11. The number of aliphatic hydroxyl groups is 1. The van der Waals surface area contributed by atoms with E-state index >= 15 is 0 Å². The highest BCUT2D eigenvalue weighted by molar-refractivity contribution is 7.98. The first kappa shape index (κ1) is 16.6. The van der Waals surface area contributed by atoms with Crippen molar-refractivity contribution < 1.29 is 9.90 Å². The van der Waals surface area contributed by atoms with E-state index in [4.69, 9.17) is 0 Å². The van der Waals surface area contributed by atoms with Gasteiger partial charge in [-0.2, -0.15) is 11.8 Å². The topological polar surface area (TPSA) is 49.3 Å². The molecule has 2 aromatic rings. The number of aliphatic hydroxyl groups excluding tert-OH is 1. The van der Waals surface area contributed by atoms with E-state index in [1.165, 1.54) is 11.1 Å². The Balaban J connectivity index is 1.79. The van der Waals surface area contributed by atoms with Crippen LogP contribution in [-0.2, 0) is 5.75 Å². The molecule has 0 bridgehead atoms. The second-order valence-electron chi connectivity index (χ2n) is 5.22.